The molecule has 0 aromatic heterocycles. The molecule has 3 aliphatic rings. The third-order valence-corrected chi connectivity index (χ3v) is 5.48. The zero-order valence-corrected chi connectivity index (χ0v) is 11.5. The maximum atomic E-state index is 3.93. The molecular formula is C15H28N2. The molecule has 98 valence electrons. The minimum atomic E-state index is 0.495. The fraction of sp³-hybridized carbons (Fsp3) is 1.00. The van der Waals surface area contributed by atoms with Gasteiger partial charge in [0.15, 0.2) is 0 Å². The van der Waals surface area contributed by atoms with Gasteiger partial charge in [-0.1, -0.05) is 19.8 Å². The zero-order chi connectivity index (χ0) is 11.9. The van der Waals surface area contributed by atoms with Gasteiger partial charge in [-0.05, 0) is 44.9 Å². The van der Waals surface area contributed by atoms with Crippen molar-refractivity contribution in [3.63, 3.8) is 0 Å². The topological polar surface area (TPSA) is 15.3 Å². The molecule has 17 heavy (non-hydrogen) atoms. The number of nitrogens with one attached hydrogen (secondary N) is 1. The van der Waals surface area contributed by atoms with E-state index in [0.29, 0.717) is 5.54 Å². The van der Waals surface area contributed by atoms with Crippen LogP contribution in [-0.4, -0.2) is 35.6 Å². The highest BCUT2D eigenvalue weighted by Gasteiger charge is 2.46. The molecule has 3 fully saturated rings. The number of piperazine rings is 1. The maximum Gasteiger partial charge on any atom is 0.0309 e. The van der Waals surface area contributed by atoms with Crippen LogP contribution in [0, 0.1) is 5.92 Å². The molecule has 0 aromatic carbocycles. The summed E-state index contributed by atoms with van der Waals surface area (Å²) in [5.74, 6) is 1.01. The molecule has 0 bridgehead atoms. The number of rotatable bonds is 3. The summed E-state index contributed by atoms with van der Waals surface area (Å²) in [5.41, 5.74) is 0.495. The Morgan fingerprint density at radius 2 is 2.00 bits per heavy atom. The van der Waals surface area contributed by atoms with Gasteiger partial charge in [0, 0.05) is 30.7 Å². The van der Waals surface area contributed by atoms with E-state index in [0.717, 1.165) is 18.0 Å². The van der Waals surface area contributed by atoms with E-state index in [1.165, 1.54) is 58.0 Å². The molecule has 2 aliphatic carbocycles. The Labute approximate surface area is 106 Å². The van der Waals surface area contributed by atoms with E-state index in [9.17, 15) is 0 Å². The fourth-order valence-electron chi connectivity index (χ4n) is 3.98. The Hall–Kier alpha value is -0.0800. The van der Waals surface area contributed by atoms with Gasteiger partial charge in [-0.25, -0.2) is 0 Å². The smallest absolute Gasteiger partial charge is 0.0309 e. The van der Waals surface area contributed by atoms with Crippen LogP contribution in [0.2, 0.25) is 0 Å². The van der Waals surface area contributed by atoms with Crippen molar-refractivity contribution in [3.05, 3.63) is 0 Å². The number of nitrogens with zero attached hydrogens (tertiary/aromatic N) is 1. The monoisotopic (exact) mass is 236 g/mol. The highest BCUT2D eigenvalue weighted by Crippen LogP contribution is 2.41. The van der Waals surface area contributed by atoms with Gasteiger partial charge in [-0.2, -0.15) is 0 Å². The first-order valence-electron chi connectivity index (χ1n) is 7.75. The van der Waals surface area contributed by atoms with Gasteiger partial charge in [0.25, 0.3) is 0 Å². The van der Waals surface area contributed by atoms with E-state index in [4.69, 9.17) is 0 Å². The molecule has 0 aromatic rings. The number of hydrogen-bond donors (Lipinski definition) is 1. The lowest BCUT2D eigenvalue weighted by Crippen LogP contribution is -2.65. The van der Waals surface area contributed by atoms with Crippen LogP contribution in [0.3, 0.4) is 0 Å². The Morgan fingerprint density at radius 3 is 2.59 bits per heavy atom. The summed E-state index contributed by atoms with van der Waals surface area (Å²) < 4.78 is 0. The van der Waals surface area contributed by atoms with Crippen molar-refractivity contribution >= 4 is 0 Å². The van der Waals surface area contributed by atoms with Crippen molar-refractivity contribution < 1.29 is 0 Å². The normalized spacial score (nSPS) is 35.3. The van der Waals surface area contributed by atoms with Crippen LogP contribution < -0.4 is 5.32 Å². The molecule has 1 heterocycles. The summed E-state index contributed by atoms with van der Waals surface area (Å²) in [5, 5.41) is 3.93. The summed E-state index contributed by atoms with van der Waals surface area (Å²) in [6.07, 6.45) is 9.97. The third-order valence-electron chi connectivity index (χ3n) is 5.48. The van der Waals surface area contributed by atoms with E-state index >= 15 is 0 Å². The first-order valence-corrected chi connectivity index (χ1v) is 7.75. The molecule has 2 heteroatoms. The van der Waals surface area contributed by atoms with E-state index < -0.39 is 0 Å². The minimum absolute atomic E-state index is 0.495. The first kappa shape index (κ1) is 12.0. The standard InChI is InChI=1S/C15H28N2/c1-3-12(2)17-11-15(8-4-5-9-15)16-10-14(17)13-6-7-13/h12-14,16H,3-11H2,1-2H3. The molecule has 1 spiro atoms. The van der Waals surface area contributed by atoms with Crippen molar-refractivity contribution in [2.75, 3.05) is 13.1 Å². The van der Waals surface area contributed by atoms with Crippen molar-refractivity contribution in [2.45, 2.75) is 76.4 Å². The highest BCUT2D eigenvalue weighted by atomic mass is 15.3. The predicted octanol–water partition coefficient (Wildman–Crippen LogP) is 2.78. The molecular weight excluding hydrogens is 208 g/mol. The van der Waals surface area contributed by atoms with Gasteiger partial charge < -0.3 is 5.32 Å². The van der Waals surface area contributed by atoms with Crippen LogP contribution in [0.5, 0.6) is 0 Å². The van der Waals surface area contributed by atoms with Crippen LogP contribution in [0.25, 0.3) is 0 Å². The molecule has 2 nitrogen and oxygen atoms in total. The molecule has 2 saturated carbocycles. The lowest BCUT2D eigenvalue weighted by molar-refractivity contribution is 0.0371. The largest absolute Gasteiger partial charge is 0.308 e. The second kappa shape index (κ2) is 4.55. The highest BCUT2D eigenvalue weighted by molar-refractivity contribution is 5.04. The summed E-state index contributed by atoms with van der Waals surface area (Å²) in [6.45, 7) is 7.36. The quantitative estimate of drug-likeness (QED) is 0.810. The lowest BCUT2D eigenvalue weighted by atomic mass is 9.89. The summed E-state index contributed by atoms with van der Waals surface area (Å²) in [4.78, 5) is 2.86. The maximum absolute atomic E-state index is 3.93. The number of hydrogen-bond acceptors (Lipinski definition) is 2. The van der Waals surface area contributed by atoms with Gasteiger partial charge in [0.2, 0.25) is 0 Å². The lowest BCUT2D eigenvalue weighted by Gasteiger charge is -2.49. The summed E-state index contributed by atoms with van der Waals surface area (Å²) >= 11 is 0. The zero-order valence-electron chi connectivity index (χ0n) is 11.5. The summed E-state index contributed by atoms with van der Waals surface area (Å²) in [6, 6.07) is 1.62. The minimum Gasteiger partial charge on any atom is -0.308 e. The van der Waals surface area contributed by atoms with Crippen LogP contribution in [0.1, 0.15) is 58.8 Å². The molecule has 1 saturated heterocycles. The van der Waals surface area contributed by atoms with Gasteiger partial charge >= 0.3 is 0 Å². The van der Waals surface area contributed by atoms with Crippen molar-refractivity contribution in [1.82, 2.24) is 10.2 Å². The molecule has 0 radical (unpaired) electrons. The Kier molecular flexibility index (Phi) is 3.20. The Bertz CT molecular complexity index is 266. The van der Waals surface area contributed by atoms with Gasteiger partial charge in [0.05, 0.1) is 0 Å². The van der Waals surface area contributed by atoms with Crippen molar-refractivity contribution in [1.29, 1.82) is 0 Å². The fourth-order valence-corrected chi connectivity index (χ4v) is 3.98. The first-order chi connectivity index (χ1) is 8.24. The summed E-state index contributed by atoms with van der Waals surface area (Å²) in [7, 11) is 0. The van der Waals surface area contributed by atoms with Crippen LogP contribution in [0.4, 0.5) is 0 Å². The van der Waals surface area contributed by atoms with E-state index in [2.05, 4.69) is 24.1 Å². The van der Waals surface area contributed by atoms with Gasteiger partial charge in [0.1, 0.15) is 0 Å². The molecule has 1 N–H and O–H groups in total. The molecule has 0 amide bonds. The predicted molar refractivity (Wildman–Crippen MR) is 72.2 cm³/mol. The molecule has 2 unspecified atom stereocenters. The van der Waals surface area contributed by atoms with Crippen LogP contribution in [-0.2, 0) is 0 Å². The molecule has 1 aliphatic heterocycles. The van der Waals surface area contributed by atoms with Crippen LogP contribution in [0.15, 0.2) is 0 Å². The van der Waals surface area contributed by atoms with Crippen molar-refractivity contribution in [2.24, 2.45) is 5.92 Å². The Balaban J connectivity index is 1.73. The Morgan fingerprint density at radius 1 is 1.29 bits per heavy atom. The van der Waals surface area contributed by atoms with Gasteiger partial charge in [-0.3, -0.25) is 4.90 Å². The SMILES string of the molecule is CCC(C)N1CC2(CCCC2)NCC1C1CC1. The third kappa shape index (κ3) is 2.26. The van der Waals surface area contributed by atoms with Gasteiger partial charge in [-0.15, -0.1) is 0 Å². The van der Waals surface area contributed by atoms with E-state index in [1.54, 1.807) is 0 Å². The molecule has 2 atom stereocenters. The molecule has 3 rings (SSSR count). The van der Waals surface area contributed by atoms with E-state index in [1.807, 2.05) is 0 Å². The second-order valence-electron chi connectivity index (χ2n) is 6.70. The average molecular weight is 236 g/mol. The van der Waals surface area contributed by atoms with Crippen molar-refractivity contribution in [3.8, 4) is 0 Å². The average Bonchev–Trinajstić information content (AvgIpc) is 3.10. The second-order valence-corrected chi connectivity index (χ2v) is 6.70. The van der Waals surface area contributed by atoms with E-state index in [-0.39, 0.29) is 0 Å². The van der Waals surface area contributed by atoms with Crippen LogP contribution >= 0.6 is 0 Å².